The average Bonchev–Trinajstić information content (AvgIpc) is 2.89. The topological polar surface area (TPSA) is 90.7 Å². The predicted octanol–water partition coefficient (Wildman–Crippen LogP) is 4.35. The Hall–Kier alpha value is -3.20. The van der Waals surface area contributed by atoms with E-state index in [0.29, 0.717) is 16.3 Å². The van der Waals surface area contributed by atoms with Gasteiger partial charge >= 0.3 is 6.61 Å². The lowest BCUT2D eigenvalue weighted by atomic mass is 10.0. The summed E-state index contributed by atoms with van der Waals surface area (Å²) >= 11 is 5.89. The summed E-state index contributed by atoms with van der Waals surface area (Å²) in [6.07, 6.45) is 1.28. The van der Waals surface area contributed by atoms with Crippen LogP contribution >= 0.6 is 11.6 Å². The van der Waals surface area contributed by atoms with Crippen molar-refractivity contribution in [2.24, 2.45) is 0 Å². The van der Waals surface area contributed by atoms with Gasteiger partial charge in [0, 0.05) is 16.2 Å². The Balaban J connectivity index is 2.15. The first-order valence-corrected chi connectivity index (χ1v) is 7.82. The number of nitrogens with zero attached hydrogens (tertiary/aromatic N) is 1. The second kappa shape index (κ2) is 7.20. The van der Waals surface area contributed by atoms with Crippen LogP contribution in [0.25, 0.3) is 11.6 Å². The molecule has 7 nitrogen and oxygen atoms in total. The molecule has 0 radical (unpaired) electrons. The van der Waals surface area contributed by atoms with Gasteiger partial charge in [0.1, 0.15) is 0 Å². The number of benzene rings is 2. The van der Waals surface area contributed by atoms with E-state index in [4.69, 9.17) is 16.3 Å². The molecule has 10 heteroatoms. The number of nitro groups is 1. The van der Waals surface area contributed by atoms with E-state index >= 15 is 0 Å². The number of ether oxygens (including phenoxy) is 2. The summed E-state index contributed by atoms with van der Waals surface area (Å²) in [6.45, 7) is -3.18. The smallest absolute Gasteiger partial charge is 0.387 e. The van der Waals surface area contributed by atoms with Crippen LogP contribution in [0.2, 0.25) is 5.02 Å². The van der Waals surface area contributed by atoms with Crippen molar-refractivity contribution in [1.82, 2.24) is 0 Å². The Labute approximate surface area is 156 Å². The van der Waals surface area contributed by atoms with E-state index < -0.39 is 28.9 Å². The van der Waals surface area contributed by atoms with Crippen LogP contribution in [0, 0.1) is 10.1 Å². The molecule has 0 unspecified atom stereocenters. The number of amides is 1. The van der Waals surface area contributed by atoms with Crippen molar-refractivity contribution in [3.8, 4) is 11.5 Å². The third-order valence-electron chi connectivity index (χ3n) is 3.79. The summed E-state index contributed by atoms with van der Waals surface area (Å²) in [5, 5.41) is 14.4. The summed E-state index contributed by atoms with van der Waals surface area (Å²) in [4.78, 5) is 22.9. The molecule has 1 amide bonds. The summed E-state index contributed by atoms with van der Waals surface area (Å²) in [7, 11) is 1.20. The van der Waals surface area contributed by atoms with E-state index in [0.717, 1.165) is 12.1 Å². The molecule has 27 heavy (non-hydrogen) atoms. The number of fused-ring (bicyclic) bond motifs is 1. The van der Waals surface area contributed by atoms with Gasteiger partial charge in [0.2, 0.25) is 0 Å². The molecule has 0 saturated carbocycles. The zero-order valence-electron chi connectivity index (χ0n) is 13.7. The highest BCUT2D eigenvalue weighted by atomic mass is 35.5. The average molecular weight is 397 g/mol. The standard InChI is InChI=1S/C17H11ClF2N2O5/c1-26-14-5-8(13(22(24)25)7-15(14)27-17(19)20)4-11-10-3-2-9(18)6-12(10)21-16(11)23/h2-7,17H,1H3,(H,21,23)/b11-4+. The van der Waals surface area contributed by atoms with Crippen LogP contribution < -0.4 is 14.8 Å². The van der Waals surface area contributed by atoms with Crippen LogP contribution in [0.5, 0.6) is 11.5 Å². The van der Waals surface area contributed by atoms with Gasteiger partial charge in [-0.2, -0.15) is 8.78 Å². The number of hydrogen-bond acceptors (Lipinski definition) is 5. The van der Waals surface area contributed by atoms with Crippen LogP contribution in [-0.2, 0) is 4.79 Å². The van der Waals surface area contributed by atoms with E-state index in [1.54, 1.807) is 18.2 Å². The monoisotopic (exact) mass is 396 g/mol. The lowest BCUT2D eigenvalue weighted by molar-refractivity contribution is -0.385. The third kappa shape index (κ3) is 3.68. The SMILES string of the molecule is COc1cc(/C=C2/C(=O)Nc3cc(Cl)ccc32)c([N+](=O)[O-])cc1OC(F)F. The Bertz CT molecular complexity index is 978. The first-order valence-electron chi connectivity index (χ1n) is 7.44. The van der Waals surface area contributed by atoms with Crippen LogP contribution in [0.1, 0.15) is 11.1 Å². The van der Waals surface area contributed by atoms with Crippen molar-refractivity contribution in [1.29, 1.82) is 0 Å². The second-order valence-corrected chi connectivity index (χ2v) is 5.84. The van der Waals surface area contributed by atoms with Crippen molar-refractivity contribution >= 4 is 40.5 Å². The van der Waals surface area contributed by atoms with Gasteiger partial charge in [0.05, 0.1) is 29.4 Å². The van der Waals surface area contributed by atoms with Gasteiger partial charge in [0.15, 0.2) is 11.5 Å². The highest BCUT2D eigenvalue weighted by molar-refractivity contribution is 6.36. The van der Waals surface area contributed by atoms with Crippen LogP contribution in [-0.4, -0.2) is 24.6 Å². The minimum Gasteiger partial charge on any atom is -0.493 e. The second-order valence-electron chi connectivity index (χ2n) is 5.40. The van der Waals surface area contributed by atoms with Crippen LogP contribution in [0.4, 0.5) is 20.2 Å². The largest absolute Gasteiger partial charge is 0.493 e. The molecule has 0 fully saturated rings. The molecule has 0 aromatic heterocycles. The fraction of sp³-hybridized carbons (Fsp3) is 0.118. The quantitative estimate of drug-likeness (QED) is 0.461. The molecule has 140 valence electrons. The van der Waals surface area contributed by atoms with E-state index in [1.165, 1.54) is 13.2 Å². The maximum Gasteiger partial charge on any atom is 0.387 e. The molecule has 1 aliphatic rings. The number of hydrogen-bond donors (Lipinski definition) is 1. The number of rotatable bonds is 5. The summed E-state index contributed by atoms with van der Waals surface area (Å²) < 4.78 is 34.3. The molecule has 0 saturated heterocycles. The molecule has 0 spiro atoms. The molecule has 1 N–H and O–H groups in total. The molecule has 0 atom stereocenters. The summed E-state index contributed by atoms with van der Waals surface area (Å²) in [5.74, 6) is -1.10. The van der Waals surface area contributed by atoms with Crippen molar-refractivity contribution in [2.45, 2.75) is 6.61 Å². The molecular formula is C17H11ClF2N2O5. The Morgan fingerprint density at radius 3 is 2.63 bits per heavy atom. The van der Waals surface area contributed by atoms with Crippen LogP contribution in [0.15, 0.2) is 30.3 Å². The Morgan fingerprint density at radius 2 is 2.00 bits per heavy atom. The normalized spacial score (nSPS) is 14.3. The Morgan fingerprint density at radius 1 is 1.26 bits per heavy atom. The van der Waals surface area contributed by atoms with Crippen molar-refractivity contribution in [2.75, 3.05) is 12.4 Å². The molecule has 0 bridgehead atoms. The highest BCUT2D eigenvalue weighted by Gasteiger charge is 2.27. The number of alkyl halides is 2. The summed E-state index contributed by atoms with van der Waals surface area (Å²) in [5.41, 5.74) is 0.603. The van der Waals surface area contributed by atoms with Gasteiger partial charge in [-0.3, -0.25) is 14.9 Å². The fourth-order valence-corrected chi connectivity index (χ4v) is 2.82. The van der Waals surface area contributed by atoms with Crippen molar-refractivity contribution in [3.05, 3.63) is 56.6 Å². The summed E-state index contributed by atoms with van der Waals surface area (Å²) in [6, 6.07) is 6.70. The number of halogens is 3. The number of carbonyl (C=O) groups is 1. The molecule has 0 aliphatic carbocycles. The lowest BCUT2D eigenvalue weighted by Gasteiger charge is -2.11. The lowest BCUT2D eigenvalue weighted by Crippen LogP contribution is -2.06. The first kappa shape index (κ1) is 18.6. The first-order chi connectivity index (χ1) is 12.8. The highest BCUT2D eigenvalue weighted by Crippen LogP contribution is 2.40. The van der Waals surface area contributed by atoms with E-state index in [1.807, 2.05) is 0 Å². The predicted molar refractivity (Wildman–Crippen MR) is 94.2 cm³/mol. The number of anilines is 1. The minimum absolute atomic E-state index is 0.00795. The number of carbonyl (C=O) groups excluding carboxylic acids is 1. The molecule has 2 aromatic carbocycles. The maximum atomic E-state index is 12.5. The number of nitro benzene ring substituents is 1. The van der Waals surface area contributed by atoms with E-state index in [9.17, 15) is 23.7 Å². The fourth-order valence-electron chi connectivity index (χ4n) is 2.65. The number of methoxy groups -OCH3 is 1. The minimum atomic E-state index is -3.18. The molecule has 1 heterocycles. The van der Waals surface area contributed by atoms with Gasteiger partial charge in [-0.25, -0.2) is 0 Å². The van der Waals surface area contributed by atoms with Gasteiger partial charge < -0.3 is 14.8 Å². The molecular weight excluding hydrogens is 386 g/mol. The van der Waals surface area contributed by atoms with Gasteiger partial charge in [-0.1, -0.05) is 17.7 Å². The van der Waals surface area contributed by atoms with Gasteiger partial charge in [0.25, 0.3) is 11.6 Å². The molecule has 2 aromatic rings. The van der Waals surface area contributed by atoms with Crippen molar-refractivity contribution < 1.29 is 28.0 Å². The third-order valence-corrected chi connectivity index (χ3v) is 4.03. The Kier molecular flexibility index (Phi) is 4.95. The maximum absolute atomic E-state index is 12.5. The van der Waals surface area contributed by atoms with Crippen LogP contribution in [0.3, 0.4) is 0 Å². The molecule has 3 rings (SSSR count). The number of nitrogens with one attached hydrogen (secondary N) is 1. The van der Waals surface area contributed by atoms with Crippen molar-refractivity contribution in [3.63, 3.8) is 0 Å². The van der Waals surface area contributed by atoms with Gasteiger partial charge in [-0.05, 0) is 24.3 Å². The van der Waals surface area contributed by atoms with E-state index in [2.05, 4.69) is 10.1 Å². The van der Waals surface area contributed by atoms with Gasteiger partial charge in [-0.15, -0.1) is 0 Å². The van der Waals surface area contributed by atoms with E-state index in [-0.39, 0.29) is 16.9 Å². The zero-order chi connectivity index (χ0) is 19.7. The zero-order valence-corrected chi connectivity index (χ0v) is 14.4. The molecule has 1 aliphatic heterocycles.